The summed E-state index contributed by atoms with van der Waals surface area (Å²) in [6.45, 7) is 1.92. The van der Waals surface area contributed by atoms with Crippen molar-refractivity contribution in [2.75, 3.05) is 0 Å². The zero-order valence-corrected chi connectivity index (χ0v) is 7.90. The molecule has 4 nitrogen and oxygen atoms in total. The van der Waals surface area contributed by atoms with E-state index in [1.54, 1.807) is 13.4 Å². The predicted octanol–water partition coefficient (Wildman–Crippen LogP) is 0.580. The van der Waals surface area contributed by atoms with Gasteiger partial charge >= 0.3 is 0 Å². The summed E-state index contributed by atoms with van der Waals surface area (Å²) in [6, 6.07) is 0. The van der Waals surface area contributed by atoms with E-state index >= 15 is 0 Å². The average molecular weight is 177 g/mol. The van der Waals surface area contributed by atoms with Gasteiger partial charge in [-0.3, -0.25) is 4.79 Å². The highest BCUT2D eigenvalue weighted by Crippen LogP contribution is 2.12. The number of hydrogen-bond acceptors (Lipinski definition) is 2. The molecule has 0 unspecified atom stereocenters. The van der Waals surface area contributed by atoms with E-state index in [0.717, 1.165) is 11.2 Å². The Balaban J connectivity index is 3.08. The van der Waals surface area contributed by atoms with Crippen LogP contribution in [0.5, 0.6) is 0 Å². The summed E-state index contributed by atoms with van der Waals surface area (Å²) in [5.41, 5.74) is 1.75. The Morgan fingerprint density at radius 2 is 2.00 bits per heavy atom. The van der Waals surface area contributed by atoms with Gasteiger partial charge in [0.2, 0.25) is 0 Å². The van der Waals surface area contributed by atoms with Crippen LogP contribution in [-0.2, 0) is 14.1 Å². The molecule has 0 aliphatic carbocycles. The van der Waals surface area contributed by atoms with Gasteiger partial charge in [0.15, 0.2) is 0 Å². The van der Waals surface area contributed by atoms with Crippen LogP contribution in [0.25, 0.3) is 11.0 Å². The number of fused-ring (bicyclic) bond motifs is 1. The van der Waals surface area contributed by atoms with E-state index in [-0.39, 0.29) is 5.56 Å². The number of aromatic nitrogens is 3. The fourth-order valence-electron chi connectivity index (χ4n) is 1.56. The Hall–Kier alpha value is -1.58. The average Bonchev–Trinajstić information content (AvgIpc) is 2.35. The summed E-state index contributed by atoms with van der Waals surface area (Å²) in [5, 5.41) is 0.715. The van der Waals surface area contributed by atoms with Crippen LogP contribution in [0.3, 0.4) is 0 Å². The second kappa shape index (κ2) is 2.45. The predicted molar refractivity (Wildman–Crippen MR) is 50.7 cm³/mol. The Morgan fingerprint density at radius 3 is 2.69 bits per heavy atom. The van der Waals surface area contributed by atoms with Gasteiger partial charge in [-0.2, -0.15) is 0 Å². The fourth-order valence-corrected chi connectivity index (χ4v) is 1.56. The molecule has 4 heteroatoms. The van der Waals surface area contributed by atoms with Crippen molar-refractivity contribution in [2.45, 2.75) is 6.92 Å². The Labute approximate surface area is 75.4 Å². The molecule has 0 radical (unpaired) electrons. The lowest BCUT2D eigenvalue weighted by Gasteiger charge is -1.97. The van der Waals surface area contributed by atoms with Gasteiger partial charge in [0.1, 0.15) is 5.65 Å². The molecule has 0 bridgehead atoms. The molecule has 0 spiro atoms. The first-order chi connectivity index (χ1) is 6.11. The summed E-state index contributed by atoms with van der Waals surface area (Å²) in [5.74, 6) is 0. The minimum atomic E-state index is 0.0168. The molecular formula is C9H11N3O. The molecule has 0 saturated heterocycles. The van der Waals surface area contributed by atoms with Gasteiger partial charge < -0.3 is 9.13 Å². The Morgan fingerprint density at radius 1 is 1.31 bits per heavy atom. The lowest BCUT2D eigenvalue weighted by molar-refractivity contribution is 0.832. The van der Waals surface area contributed by atoms with Crippen LogP contribution in [0.2, 0.25) is 0 Å². The molecule has 68 valence electrons. The van der Waals surface area contributed by atoms with Gasteiger partial charge in [-0.15, -0.1) is 0 Å². The van der Waals surface area contributed by atoms with Crippen molar-refractivity contribution in [1.29, 1.82) is 0 Å². The van der Waals surface area contributed by atoms with E-state index in [2.05, 4.69) is 4.98 Å². The lowest BCUT2D eigenvalue weighted by Crippen LogP contribution is -2.17. The highest BCUT2D eigenvalue weighted by Gasteiger charge is 2.08. The maximum atomic E-state index is 11.7. The van der Waals surface area contributed by atoms with Crippen LogP contribution in [0, 0.1) is 6.92 Å². The molecule has 2 aromatic heterocycles. The highest BCUT2D eigenvalue weighted by molar-refractivity contribution is 5.78. The second-order valence-electron chi connectivity index (χ2n) is 3.28. The van der Waals surface area contributed by atoms with Crippen molar-refractivity contribution in [1.82, 2.24) is 14.1 Å². The molecule has 0 aromatic carbocycles. The highest BCUT2D eigenvalue weighted by atomic mass is 16.1. The first-order valence-electron chi connectivity index (χ1n) is 4.08. The molecule has 13 heavy (non-hydrogen) atoms. The van der Waals surface area contributed by atoms with Crippen LogP contribution in [0.1, 0.15) is 5.56 Å². The molecule has 0 saturated carbocycles. The van der Waals surface area contributed by atoms with Crippen molar-refractivity contribution in [3.8, 4) is 0 Å². The maximum absolute atomic E-state index is 11.7. The summed E-state index contributed by atoms with van der Waals surface area (Å²) in [4.78, 5) is 15.9. The zero-order valence-electron chi connectivity index (χ0n) is 7.90. The van der Waals surface area contributed by atoms with Gasteiger partial charge in [-0.1, -0.05) is 0 Å². The smallest absolute Gasteiger partial charge is 0.262 e. The first kappa shape index (κ1) is 8.04. The van der Waals surface area contributed by atoms with Gasteiger partial charge in [0.25, 0.3) is 5.56 Å². The normalized spacial score (nSPS) is 11.0. The van der Waals surface area contributed by atoms with E-state index in [9.17, 15) is 4.79 Å². The van der Waals surface area contributed by atoms with Crippen molar-refractivity contribution in [3.63, 3.8) is 0 Å². The number of aryl methyl sites for hydroxylation is 3. The van der Waals surface area contributed by atoms with Crippen LogP contribution in [0.15, 0.2) is 17.3 Å². The van der Waals surface area contributed by atoms with E-state index in [4.69, 9.17) is 0 Å². The zero-order chi connectivity index (χ0) is 9.59. The van der Waals surface area contributed by atoms with Crippen molar-refractivity contribution in [3.05, 3.63) is 28.4 Å². The molecule has 0 atom stereocenters. The van der Waals surface area contributed by atoms with Crippen LogP contribution in [0.4, 0.5) is 0 Å². The summed E-state index contributed by atoms with van der Waals surface area (Å²) in [6.07, 6.45) is 3.46. The van der Waals surface area contributed by atoms with Gasteiger partial charge in [-0.25, -0.2) is 4.98 Å². The van der Waals surface area contributed by atoms with Crippen LogP contribution in [-0.4, -0.2) is 14.1 Å². The topological polar surface area (TPSA) is 39.8 Å². The lowest BCUT2D eigenvalue weighted by atomic mass is 10.3. The Bertz CT molecular complexity index is 521. The van der Waals surface area contributed by atoms with Crippen LogP contribution >= 0.6 is 0 Å². The molecule has 2 heterocycles. The third-order valence-electron chi connectivity index (χ3n) is 2.23. The third kappa shape index (κ3) is 0.983. The maximum Gasteiger partial charge on any atom is 0.262 e. The monoisotopic (exact) mass is 177 g/mol. The molecule has 0 aliphatic heterocycles. The summed E-state index contributed by atoms with van der Waals surface area (Å²) >= 11 is 0. The minimum absolute atomic E-state index is 0.0168. The first-order valence-corrected chi connectivity index (χ1v) is 4.08. The number of hydrogen-bond donors (Lipinski definition) is 0. The van der Waals surface area contributed by atoms with E-state index in [1.807, 2.05) is 24.7 Å². The van der Waals surface area contributed by atoms with Crippen LogP contribution < -0.4 is 5.56 Å². The molecule has 2 rings (SSSR count). The van der Waals surface area contributed by atoms with E-state index < -0.39 is 0 Å². The number of nitrogens with zero attached hydrogens (tertiary/aromatic N) is 3. The van der Waals surface area contributed by atoms with Crippen molar-refractivity contribution >= 4 is 11.0 Å². The van der Waals surface area contributed by atoms with E-state index in [1.165, 1.54) is 4.57 Å². The standard InChI is InChI=1S/C9H11N3O/c1-6-4-11(2)8-7(6)9(13)12(3)5-10-8/h4-5H,1-3H3. The molecular weight excluding hydrogens is 166 g/mol. The minimum Gasteiger partial charge on any atom is -0.335 e. The van der Waals surface area contributed by atoms with Gasteiger partial charge in [0, 0.05) is 20.3 Å². The summed E-state index contributed by atoms with van der Waals surface area (Å²) in [7, 11) is 3.60. The van der Waals surface area contributed by atoms with Gasteiger partial charge in [0.05, 0.1) is 11.7 Å². The van der Waals surface area contributed by atoms with Crippen molar-refractivity contribution in [2.24, 2.45) is 14.1 Å². The van der Waals surface area contributed by atoms with Crippen molar-refractivity contribution < 1.29 is 0 Å². The molecule has 0 aliphatic rings. The third-order valence-corrected chi connectivity index (χ3v) is 2.23. The second-order valence-corrected chi connectivity index (χ2v) is 3.28. The number of rotatable bonds is 0. The SMILES string of the molecule is Cc1cn(C)c2ncn(C)c(=O)c12. The quantitative estimate of drug-likeness (QED) is 0.590. The largest absolute Gasteiger partial charge is 0.335 e. The Kier molecular flexibility index (Phi) is 1.52. The van der Waals surface area contributed by atoms with E-state index in [0.29, 0.717) is 5.39 Å². The molecule has 0 N–H and O–H groups in total. The fraction of sp³-hybridized carbons (Fsp3) is 0.333. The molecule has 0 amide bonds. The summed E-state index contributed by atoms with van der Waals surface area (Å²) < 4.78 is 3.36. The van der Waals surface area contributed by atoms with Gasteiger partial charge in [-0.05, 0) is 12.5 Å². The molecule has 0 fully saturated rings. The molecule has 2 aromatic rings.